The fourth-order valence-corrected chi connectivity index (χ4v) is 3.56. The van der Waals surface area contributed by atoms with Crippen LogP contribution in [0.25, 0.3) is 0 Å². The molecule has 0 N–H and O–H groups in total. The molecule has 0 aromatic carbocycles. The van der Waals surface area contributed by atoms with Crippen LogP contribution in [0.15, 0.2) is 0 Å². The van der Waals surface area contributed by atoms with Crippen LogP contribution in [-0.4, -0.2) is 48.2 Å². The van der Waals surface area contributed by atoms with E-state index in [2.05, 4.69) is 0 Å². The summed E-state index contributed by atoms with van der Waals surface area (Å²) >= 11 is 0. The van der Waals surface area contributed by atoms with Gasteiger partial charge in [0.2, 0.25) is 0 Å². The molecule has 7 nitrogen and oxygen atoms in total. The van der Waals surface area contributed by atoms with Crippen molar-refractivity contribution in [3.8, 4) is 0 Å². The third-order valence-electron chi connectivity index (χ3n) is 4.59. The predicted molar refractivity (Wildman–Crippen MR) is 64.8 cm³/mol. The Hall–Kier alpha value is -1.77. The molecule has 3 aliphatic rings. The second-order valence-corrected chi connectivity index (χ2v) is 6.41. The molecule has 0 radical (unpaired) electrons. The van der Waals surface area contributed by atoms with Crippen molar-refractivity contribution in [2.75, 3.05) is 0 Å². The van der Waals surface area contributed by atoms with Crippen molar-refractivity contribution >= 4 is 17.9 Å². The summed E-state index contributed by atoms with van der Waals surface area (Å²) in [6.45, 7) is 2.60. The Balaban J connectivity index is 1.78. The topological polar surface area (TPSA) is 102 Å². The van der Waals surface area contributed by atoms with Crippen LogP contribution in [0, 0.1) is 17.8 Å². The molecule has 9 heteroatoms. The number of halogens is 2. The normalized spacial score (nSPS) is 36.2. The summed E-state index contributed by atoms with van der Waals surface area (Å²) in [5, 5.41) is 10.6. The maximum absolute atomic E-state index is 13.7. The first-order chi connectivity index (χ1) is 10.6. The Kier molecular flexibility index (Phi) is 3.58. The smallest absolute Gasteiger partial charge is 0.323 e. The van der Waals surface area contributed by atoms with Crippen molar-refractivity contribution in [2.24, 2.45) is 17.8 Å². The highest BCUT2D eigenvalue weighted by Crippen LogP contribution is 2.50. The highest BCUT2D eigenvalue weighted by molar-refractivity contribution is 5.86. The van der Waals surface area contributed by atoms with Crippen molar-refractivity contribution < 1.29 is 42.5 Å². The van der Waals surface area contributed by atoms with Gasteiger partial charge < -0.3 is 24.1 Å². The molecular formula is C14H15F2O7-. The van der Waals surface area contributed by atoms with Crippen LogP contribution in [0.2, 0.25) is 0 Å². The first-order valence-electron chi connectivity index (χ1n) is 7.30. The number of carboxylic acids is 1. The Morgan fingerprint density at radius 2 is 2.00 bits per heavy atom. The summed E-state index contributed by atoms with van der Waals surface area (Å²) in [5.74, 6) is -11.5. The molecule has 0 aromatic rings. The number of ether oxygens (including phenoxy) is 3. The van der Waals surface area contributed by atoms with Gasteiger partial charge in [-0.25, -0.2) is 0 Å². The molecule has 3 fully saturated rings. The first kappa shape index (κ1) is 16.1. The van der Waals surface area contributed by atoms with Gasteiger partial charge in [-0.15, -0.1) is 0 Å². The molecule has 3 rings (SSSR count). The minimum absolute atomic E-state index is 0.301. The van der Waals surface area contributed by atoms with Gasteiger partial charge in [0.05, 0.1) is 12.0 Å². The van der Waals surface area contributed by atoms with E-state index in [0.29, 0.717) is 6.42 Å². The van der Waals surface area contributed by atoms with Crippen LogP contribution in [0.4, 0.5) is 8.78 Å². The second-order valence-electron chi connectivity index (χ2n) is 6.41. The lowest BCUT2D eigenvalue weighted by molar-refractivity contribution is -0.337. The number of hydrogen-bond acceptors (Lipinski definition) is 7. The summed E-state index contributed by atoms with van der Waals surface area (Å²) in [6.07, 6.45) is -3.50. The molecule has 0 spiro atoms. The summed E-state index contributed by atoms with van der Waals surface area (Å²) < 4.78 is 42.7. The van der Waals surface area contributed by atoms with Gasteiger partial charge in [0.25, 0.3) is 0 Å². The van der Waals surface area contributed by atoms with Crippen LogP contribution >= 0.6 is 0 Å². The zero-order valence-corrected chi connectivity index (χ0v) is 12.4. The van der Waals surface area contributed by atoms with E-state index in [1.54, 1.807) is 0 Å². The SMILES string of the molecule is CC(C)C(OC(=O)C1C2CC3OC(=O)C1C3O2)C(F)(F)C(=O)[O-]. The molecule has 6 atom stereocenters. The molecule has 0 amide bonds. The van der Waals surface area contributed by atoms with Crippen LogP contribution in [0.1, 0.15) is 20.3 Å². The molecule has 6 unspecified atom stereocenters. The number of carbonyl (C=O) groups is 3. The second kappa shape index (κ2) is 5.12. The Morgan fingerprint density at radius 1 is 1.35 bits per heavy atom. The number of fused-ring (bicyclic) bond motifs is 1. The Labute approximate surface area is 129 Å². The summed E-state index contributed by atoms with van der Waals surface area (Å²) in [5.41, 5.74) is 0. The fraction of sp³-hybridized carbons (Fsp3) is 0.786. The average Bonchev–Trinajstić information content (AvgIpc) is 3.04. The zero-order chi connectivity index (χ0) is 17.1. The largest absolute Gasteiger partial charge is 0.544 e. The van der Waals surface area contributed by atoms with Gasteiger partial charge in [-0.2, -0.15) is 8.78 Å². The van der Waals surface area contributed by atoms with Crippen molar-refractivity contribution in [1.29, 1.82) is 0 Å². The quantitative estimate of drug-likeness (QED) is 0.611. The van der Waals surface area contributed by atoms with Crippen LogP contribution in [-0.2, 0) is 28.6 Å². The van der Waals surface area contributed by atoms with Crippen LogP contribution in [0.3, 0.4) is 0 Å². The molecule has 3 heterocycles. The number of carbonyl (C=O) groups excluding carboxylic acids is 3. The third kappa shape index (κ3) is 2.29. The third-order valence-corrected chi connectivity index (χ3v) is 4.59. The van der Waals surface area contributed by atoms with E-state index in [1.165, 1.54) is 13.8 Å². The first-order valence-corrected chi connectivity index (χ1v) is 7.30. The van der Waals surface area contributed by atoms with E-state index < -0.39 is 66.0 Å². The fourth-order valence-electron chi connectivity index (χ4n) is 3.56. The van der Waals surface area contributed by atoms with Gasteiger partial charge >= 0.3 is 17.9 Å². The summed E-state index contributed by atoms with van der Waals surface area (Å²) in [7, 11) is 0. The Bertz CT molecular complexity index is 559. The highest BCUT2D eigenvalue weighted by atomic mass is 19.3. The highest BCUT2D eigenvalue weighted by Gasteiger charge is 2.66. The number of carboxylic acid groups (broad SMARTS) is 1. The Morgan fingerprint density at radius 3 is 2.57 bits per heavy atom. The molecule has 0 aromatic heterocycles. The number of hydrogen-bond donors (Lipinski definition) is 0. The molecule has 128 valence electrons. The monoisotopic (exact) mass is 333 g/mol. The number of alkyl halides is 2. The lowest BCUT2D eigenvalue weighted by atomic mass is 9.80. The molecule has 3 saturated heterocycles. The van der Waals surface area contributed by atoms with Crippen LogP contribution in [0.5, 0.6) is 0 Å². The van der Waals surface area contributed by atoms with Crippen molar-refractivity contribution in [3.05, 3.63) is 0 Å². The van der Waals surface area contributed by atoms with E-state index in [1.807, 2.05) is 0 Å². The lowest BCUT2D eigenvalue weighted by Crippen LogP contribution is -2.54. The summed E-state index contributed by atoms with van der Waals surface area (Å²) in [6, 6.07) is 0. The standard InChI is InChI=1S/C14H16F2O7/c1-4(2)10(14(15,16)13(19)20)23-11(17)7-5-3-6-9(21-5)8(7)12(18)22-6/h4-10H,3H2,1-2H3,(H,19,20)/p-1. The van der Waals surface area contributed by atoms with E-state index >= 15 is 0 Å². The molecule has 0 saturated carbocycles. The van der Waals surface area contributed by atoms with Crippen molar-refractivity contribution in [1.82, 2.24) is 0 Å². The molecule has 2 bridgehead atoms. The number of aliphatic carboxylic acids is 1. The van der Waals surface area contributed by atoms with E-state index in [0.717, 1.165) is 0 Å². The van der Waals surface area contributed by atoms with Crippen LogP contribution < -0.4 is 5.11 Å². The zero-order valence-electron chi connectivity index (χ0n) is 12.4. The predicted octanol–water partition coefficient (Wildman–Crippen LogP) is -0.732. The van der Waals surface area contributed by atoms with Crippen molar-refractivity contribution in [2.45, 2.75) is 50.6 Å². The van der Waals surface area contributed by atoms with Gasteiger partial charge in [-0.1, -0.05) is 13.8 Å². The minimum atomic E-state index is -4.33. The lowest BCUT2D eigenvalue weighted by Gasteiger charge is -2.31. The van der Waals surface area contributed by atoms with E-state index in [-0.39, 0.29) is 0 Å². The van der Waals surface area contributed by atoms with Gasteiger partial charge in [0.15, 0.2) is 6.10 Å². The number of esters is 2. The van der Waals surface area contributed by atoms with E-state index in [9.17, 15) is 28.3 Å². The molecule has 23 heavy (non-hydrogen) atoms. The van der Waals surface area contributed by atoms with Crippen molar-refractivity contribution in [3.63, 3.8) is 0 Å². The van der Waals surface area contributed by atoms with E-state index in [4.69, 9.17) is 14.2 Å². The maximum Gasteiger partial charge on any atom is 0.323 e. The minimum Gasteiger partial charge on any atom is -0.544 e. The van der Waals surface area contributed by atoms with Gasteiger partial charge in [0, 0.05) is 6.42 Å². The van der Waals surface area contributed by atoms with Gasteiger partial charge in [-0.05, 0) is 5.92 Å². The molecule has 0 aliphatic carbocycles. The molecule has 3 aliphatic heterocycles. The molecular weight excluding hydrogens is 318 g/mol. The maximum atomic E-state index is 13.7. The number of rotatable bonds is 5. The average molecular weight is 333 g/mol. The summed E-state index contributed by atoms with van der Waals surface area (Å²) in [4.78, 5) is 34.7. The van der Waals surface area contributed by atoms with Gasteiger partial charge in [0.1, 0.15) is 24.1 Å². The van der Waals surface area contributed by atoms with Gasteiger partial charge in [-0.3, -0.25) is 9.59 Å².